The van der Waals surface area contributed by atoms with Crippen LogP contribution in [-0.2, 0) is 9.53 Å². The van der Waals surface area contributed by atoms with Crippen LogP contribution in [0.15, 0.2) is 34.2 Å². The normalized spacial score (nSPS) is 15.1. The molecule has 0 N–H and O–H groups in total. The Morgan fingerprint density at radius 2 is 2.06 bits per heavy atom. The average molecular weight is 235 g/mol. The number of nitrogens with zero attached hydrogens (tertiary/aromatic N) is 1. The number of hydrogen-bond acceptors (Lipinski definition) is 3. The van der Waals surface area contributed by atoms with E-state index in [0.717, 1.165) is 4.90 Å². The molecule has 0 unspecified atom stereocenters. The monoisotopic (exact) mass is 235 g/mol. The Bertz CT molecular complexity index is 412. The summed E-state index contributed by atoms with van der Waals surface area (Å²) < 4.78 is 5.40. The summed E-state index contributed by atoms with van der Waals surface area (Å²) in [5.41, 5.74) is 1.25. The van der Waals surface area contributed by atoms with Gasteiger partial charge in [-0.2, -0.15) is 4.99 Å². The van der Waals surface area contributed by atoms with Gasteiger partial charge >= 0.3 is 0 Å². The lowest BCUT2D eigenvalue weighted by molar-refractivity contribution is -0.117. The smallest absolute Gasteiger partial charge is 0.249 e. The molecule has 0 radical (unpaired) electrons. The molecule has 0 atom stereocenters. The third-order valence-corrected chi connectivity index (χ3v) is 3.12. The molecule has 84 valence electrons. The number of aryl methyl sites for hydroxylation is 1. The Labute approximate surface area is 98.9 Å². The van der Waals surface area contributed by atoms with Gasteiger partial charge in [0.25, 0.3) is 0 Å². The van der Waals surface area contributed by atoms with Gasteiger partial charge in [-0.3, -0.25) is 4.79 Å². The molecule has 0 aromatic heterocycles. The first-order chi connectivity index (χ1) is 7.74. The molecule has 0 saturated carbocycles. The molecule has 1 aliphatic heterocycles. The average Bonchev–Trinajstić information content (AvgIpc) is 2.67. The van der Waals surface area contributed by atoms with Crippen molar-refractivity contribution >= 4 is 23.6 Å². The van der Waals surface area contributed by atoms with Crippen molar-refractivity contribution < 1.29 is 9.53 Å². The summed E-state index contributed by atoms with van der Waals surface area (Å²) in [6.07, 6.45) is 1.14. The highest BCUT2D eigenvalue weighted by Gasteiger charge is 2.14. The molecule has 2 rings (SSSR count). The Morgan fingerprint density at radius 1 is 1.31 bits per heavy atom. The first-order valence-corrected chi connectivity index (χ1v) is 6.15. The predicted molar refractivity (Wildman–Crippen MR) is 64.7 cm³/mol. The van der Waals surface area contributed by atoms with Crippen LogP contribution in [0.4, 0.5) is 0 Å². The lowest BCUT2D eigenvalue weighted by atomic mass is 10.2. The van der Waals surface area contributed by atoms with E-state index in [0.29, 0.717) is 24.7 Å². The molecule has 4 heteroatoms. The van der Waals surface area contributed by atoms with Crippen molar-refractivity contribution in [2.75, 3.05) is 5.94 Å². The minimum absolute atomic E-state index is 0.0738. The van der Waals surface area contributed by atoms with Gasteiger partial charge in [-0.25, -0.2) is 0 Å². The van der Waals surface area contributed by atoms with Crippen LogP contribution in [0.5, 0.6) is 0 Å². The zero-order valence-corrected chi connectivity index (χ0v) is 9.92. The van der Waals surface area contributed by atoms with Gasteiger partial charge in [-0.05, 0) is 19.1 Å². The van der Waals surface area contributed by atoms with E-state index in [2.05, 4.69) is 36.2 Å². The van der Waals surface area contributed by atoms with Crippen LogP contribution in [0.25, 0.3) is 0 Å². The summed E-state index contributed by atoms with van der Waals surface area (Å²) in [7, 11) is 0. The number of rotatable bonds is 3. The van der Waals surface area contributed by atoms with Gasteiger partial charge in [0.05, 0.1) is 0 Å². The Hall–Kier alpha value is -1.29. The number of thioether (sulfide) groups is 1. The fourth-order valence-electron chi connectivity index (χ4n) is 1.37. The third kappa shape index (κ3) is 3.10. The maximum atomic E-state index is 10.8. The maximum absolute atomic E-state index is 10.8. The van der Waals surface area contributed by atoms with E-state index in [1.54, 1.807) is 11.8 Å². The summed E-state index contributed by atoms with van der Waals surface area (Å²) >= 11 is 1.60. The Balaban J connectivity index is 1.78. The van der Waals surface area contributed by atoms with Gasteiger partial charge in [-0.15, -0.1) is 0 Å². The standard InChI is InChI=1S/C12H13NO2S/c1-9-2-4-10(5-3-9)16-8-15-12-7-6-11(14)13-12/h2-5H,6-8H2,1H3. The lowest BCUT2D eigenvalue weighted by Crippen LogP contribution is -1.99. The van der Waals surface area contributed by atoms with Gasteiger partial charge in [0, 0.05) is 17.7 Å². The van der Waals surface area contributed by atoms with E-state index in [1.165, 1.54) is 5.56 Å². The van der Waals surface area contributed by atoms with E-state index in [1.807, 2.05) is 0 Å². The predicted octanol–water partition coefficient (Wildman–Crippen LogP) is 2.78. The molecule has 0 aliphatic carbocycles. The van der Waals surface area contributed by atoms with E-state index in [9.17, 15) is 4.79 Å². The van der Waals surface area contributed by atoms with Crippen molar-refractivity contribution in [3.05, 3.63) is 29.8 Å². The van der Waals surface area contributed by atoms with Crippen LogP contribution in [0.1, 0.15) is 18.4 Å². The minimum Gasteiger partial charge on any atom is -0.469 e. The number of hydrogen-bond donors (Lipinski definition) is 0. The van der Waals surface area contributed by atoms with Gasteiger partial charge < -0.3 is 4.74 Å². The zero-order chi connectivity index (χ0) is 11.4. The number of ether oxygens (including phenoxy) is 1. The van der Waals surface area contributed by atoms with E-state index in [4.69, 9.17) is 4.74 Å². The summed E-state index contributed by atoms with van der Waals surface area (Å²) in [4.78, 5) is 15.8. The molecule has 1 heterocycles. The van der Waals surface area contributed by atoms with Crippen LogP contribution in [0.3, 0.4) is 0 Å². The van der Waals surface area contributed by atoms with Crippen LogP contribution >= 0.6 is 11.8 Å². The lowest BCUT2D eigenvalue weighted by Gasteiger charge is -2.04. The van der Waals surface area contributed by atoms with E-state index < -0.39 is 0 Å². The second-order valence-electron chi connectivity index (χ2n) is 3.62. The van der Waals surface area contributed by atoms with Gasteiger partial charge in [0.1, 0.15) is 5.94 Å². The molecule has 1 aromatic rings. The molecule has 16 heavy (non-hydrogen) atoms. The molecule has 3 nitrogen and oxygen atoms in total. The number of benzene rings is 1. The second kappa shape index (κ2) is 5.16. The Kier molecular flexibility index (Phi) is 3.62. The van der Waals surface area contributed by atoms with Gasteiger partial charge in [-0.1, -0.05) is 29.5 Å². The Morgan fingerprint density at radius 3 is 2.69 bits per heavy atom. The summed E-state index contributed by atoms with van der Waals surface area (Å²) in [5.74, 6) is 1.01. The van der Waals surface area contributed by atoms with Gasteiger partial charge in [0.15, 0.2) is 5.90 Å². The van der Waals surface area contributed by atoms with Crippen LogP contribution < -0.4 is 0 Å². The largest absolute Gasteiger partial charge is 0.469 e. The van der Waals surface area contributed by atoms with Gasteiger partial charge in [0.2, 0.25) is 5.91 Å². The van der Waals surface area contributed by atoms with Crippen LogP contribution in [0.2, 0.25) is 0 Å². The van der Waals surface area contributed by atoms with Crippen molar-refractivity contribution in [3.63, 3.8) is 0 Å². The van der Waals surface area contributed by atoms with E-state index >= 15 is 0 Å². The molecule has 0 fully saturated rings. The topological polar surface area (TPSA) is 38.7 Å². The highest BCUT2D eigenvalue weighted by atomic mass is 32.2. The summed E-state index contributed by atoms with van der Waals surface area (Å²) in [5, 5.41) is 0. The molecule has 0 spiro atoms. The maximum Gasteiger partial charge on any atom is 0.249 e. The van der Waals surface area contributed by atoms with Crippen molar-refractivity contribution in [2.24, 2.45) is 4.99 Å². The summed E-state index contributed by atoms with van der Waals surface area (Å²) in [6, 6.07) is 8.26. The molecular weight excluding hydrogens is 222 g/mol. The number of carbonyl (C=O) groups excluding carboxylic acids is 1. The van der Waals surface area contributed by atoms with Crippen molar-refractivity contribution in [2.45, 2.75) is 24.7 Å². The van der Waals surface area contributed by atoms with Crippen molar-refractivity contribution in [3.8, 4) is 0 Å². The highest BCUT2D eigenvalue weighted by Crippen LogP contribution is 2.19. The number of amides is 1. The zero-order valence-electron chi connectivity index (χ0n) is 9.10. The highest BCUT2D eigenvalue weighted by molar-refractivity contribution is 7.99. The first-order valence-electron chi connectivity index (χ1n) is 5.17. The molecule has 1 aliphatic rings. The quantitative estimate of drug-likeness (QED) is 0.597. The molecule has 0 saturated heterocycles. The SMILES string of the molecule is Cc1ccc(SCOC2=NC(=O)CC2)cc1. The van der Waals surface area contributed by atoms with Crippen LogP contribution in [0, 0.1) is 6.92 Å². The fraction of sp³-hybridized carbons (Fsp3) is 0.333. The number of aliphatic imine (C=N–C) groups is 1. The van der Waals surface area contributed by atoms with Crippen LogP contribution in [-0.4, -0.2) is 17.7 Å². The van der Waals surface area contributed by atoms with Crippen molar-refractivity contribution in [1.82, 2.24) is 0 Å². The summed E-state index contributed by atoms with van der Waals surface area (Å²) in [6.45, 7) is 2.06. The van der Waals surface area contributed by atoms with Crippen molar-refractivity contribution in [1.29, 1.82) is 0 Å². The fourth-order valence-corrected chi connectivity index (χ4v) is 2.03. The molecule has 1 aromatic carbocycles. The third-order valence-electron chi connectivity index (χ3n) is 2.27. The minimum atomic E-state index is -0.0738. The first kappa shape index (κ1) is 11.2. The molecule has 1 amide bonds. The second-order valence-corrected chi connectivity index (χ2v) is 4.61. The number of carbonyl (C=O) groups is 1. The molecule has 0 bridgehead atoms. The molecular formula is C12H13NO2S. The van der Waals surface area contributed by atoms with E-state index in [-0.39, 0.29) is 5.91 Å².